The van der Waals surface area contributed by atoms with E-state index in [4.69, 9.17) is 11.5 Å². The molecule has 0 bridgehead atoms. The third-order valence-corrected chi connectivity index (χ3v) is 5.43. The van der Waals surface area contributed by atoms with Gasteiger partial charge in [0.1, 0.15) is 0 Å². The summed E-state index contributed by atoms with van der Waals surface area (Å²) in [5, 5.41) is 0. The minimum atomic E-state index is -0.0908. The molecule has 2 aromatic carbocycles. The summed E-state index contributed by atoms with van der Waals surface area (Å²) in [6.45, 7) is 0. The van der Waals surface area contributed by atoms with E-state index in [1.165, 1.54) is 18.3 Å². The van der Waals surface area contributed by atoms with Gasteiger partial charge in [0.15, 0.2) is 0 Å². The molecule has 3 rings (SSSR count). The van der Waals surface area contributed by atoms with Gasteiger partial charge in [0.2, 0.25) is 7.14 Å². The van der Waals surface area contributed by atoms with Crippen LogP contribution in [0.25, 0.3) is 11.1 Å². The minimum Gasteiger partial charge on any atom is -0.399 e. The van der Waals surface area contributed by atoms with Crippen LogP contribution in [0.1, 0.15) is 0 Å². The number of nitrogens with two attached hydrogens (primary N) is 2. The lowest BCUT2D eigenvalue weighted by Gasteiger charge is -1.96. The number of nitrogen functional groups attached to an aromatic ring is 2. The molecule has 0 atom stereocenters. The van der Waals surface area contributed by atoms with Crippen LogP contribution < -0.4 is 32.7 Å². The highest BCUT2D eigenvalue weighted by Gasteiger charge is 2.33. The fraction of sp³-hybridized carbons (Fsp3) is 0. The first-order valence-electron chi connectivity index (χ1n) is 4.68. The van der Waals surface area contributed by atoms with Crippen molar-refractivity contribution in [2.45, 2.75) is 0 Å². The van der Waals surface area contributed by atoms with Crippen LogP contribution in [0.4, 0.5) is 11.4 Å². The van der Waals surface area contributed by atoms with Crippen molar-refractivity contribution >= 4 is 11.4 Å². The number of hydrogen-bond acceptors (Lipinski definition) is 2. The maximum atomic E-state index is 5.79. The third-order valence-electron chi connectivity index (χ3n) is 2.48. The number of anilines is 2. The molecule has 15 heavy (non-hydrogen) atoms. The zero-order valence-electron chi connectivity index (χ0n) is 8.00. The van der Waals surface area contributed by atoms with Gasteiger partial charge in [-0.3, -0.25) is 0 Å². The van der Waals surface area contributed by atoms with Crippen molar-refractivity contribution in [1.82, 2.24) is 0 Å². The molecule has 2 aromatic rings. The predicted octanol–water partition coefficient (Wildman–Crippen LogP) is -1.04. The van der Waals surface area contributed by atoms with Crippen molar-refractivity contribution in [2.75, 3.05) is 11.5 Å². The van der Waals surface area contributed by atoms with Gasteiger partial charge in [-0.2, -0.15) is 0 Å². The molecule has 4 N–H and O–H groups in total. The molecule has 0 amide bonds. The van der Waals surface area contributed by atoms with E-state index in [0.717, 1.165) is 11.4 Å². The Bertz CT molecular complexity index is 500. The Hall–Kier alpha value is -1.23. The molecule has 0 spiro atoms. The van der Waals surface area contributed by atoms with Gasteiger partial charge in [-0.05, 0) is 24.3 Å². The second kappa shape index (κ2) is 3.13. The smallest absolute Gasteiger partial charge is 0.359 e. The molecule has 0 aromatic heterocycles. The van der Waals surface area contributed by atoms with Gasteiger partial charge < -0.3 is 11.5 Å². The highest BCUT2D eigenvalue weighted by Crippen LogP contribution is 2.24. The number of benzene rings is 2. The Kier molecular flexibility index (Phi) is 1.88. The second-order valence-electron chi connectivity index (χ2n) is 3.57. The normalized spacial score (nSPS) is 12.3. The quantitative estimate of drug-likeness (QED) is 0.412. The first-order valence-corrected chi connectivity index (χ1v) is 6.84. The fourth-order valence-corrected chi connectivity index (χ4v) is 4.94. The number of halogens is 1. The lowest BCUT2D eigenvalue weighted by molar-refractivity contribution is -0.589. The molecular weight excluding hydrogens is 299 g/mol. The van der Waals surface area contributed by atoms with Gasteiger partial charge in [0, 0.05) is 34.6 Å². The summed E-state index contributed by atoms with van der Waals surface area (Å²) < 4.78 is 2.82. The topological polar surface area (TPSA) is 52.0 Å². The highest BCUT2D eigenvalue weighted by atomic mass is 127. The van der Waals surface area contributed by atoms with Gasteiger partial charge in [-0.1, -0.05) is 0 Å². The average Bonchev–Trinajstić information content (AvgIpc) is 2.53. The molecular formula is C12H10IN2+. The van der Waals surface area contributed by atoms with E-state index in [-0.39, 0.29) is 21.2 Å². The van der Waals surface area contributed by atoms with E-state index < -0.39 is 0 Å². The second-order valence-corrected chi connectivity index (χ2v) is 6.44. The van der Waals surface area contributed by atoms with E-state index in [9.17, 15) is 0 Å². The number of fused-ring (bicyclic) bond motifs is 3. The largest absolute Gasteiger partial charge is 0.399 e. The Labute approximate surface area is 98.5 Å². The average molecular weight is 309 g/mol. The summed E-state index contributed by atoms with van der Waals surface area (Å²) in [7, 11) is 0. The first-order chi connectivity index (χ1) is 7.24. The van der Waals surface area contributed by atoms with Crippen molar-refractivity contribution in [3.63, 3.8) is 0 Å². The van der Waals surface area contributed by atoms with E-state index in [0.29, 0.717) is 0 Å². The summed E-state index contributed by atoms with van der Waals surface area (Å²) >= 11 is -0.0908. The van der Waals surface area contributed by atoms with E-state index in [2.05, 4.69) is 24.3 Å². The SMILES string of the molecule is Nc1ccc2c(c1)[I+]c1cc(N)ccc1-2. The molecule has 0 unspecified atom stereocenters. The maximum absolute atomic E-state index is 5.79. The van der Waals surface area contributed by atoms with Crippen LogP contribution in [0.5, 0.6) is 0 Å². The van der Waals surface area contributed by atoms with Crippen LogP contribution >= 0.6 is 0 Å². The van der Waals surface area contributed by atoms with Gasteiger partial charge in [-0.25, -0.2) is 0 Å². The van der Waals surface area contributed by atoms with Gasteiger partial charge in [-0.15, -0.1) is 0 Å². The zero-order chi connectivity index (χ0) is 10.4. The van der Waals surface area contributed by atoms with Crippen LogP contribution in [0, 0.1) is 7.14 Å². The molecule has 1 aliphatic rings. The van der Waals surface area contributed by atoms with Crippen molar-refractivity contribution in [1.29, 1.82) is 0 Å². The van der Waals surface area contributed by atoms with Crippen LogP contribution in [0.15, 0.2) is 36.4 Å². The highest BCUT2D eigenvalue weighted by molar-refractivity contribution is 5.68. The van der Waals surface area contributed by atoms with Gasteiger partial charge >= 0.3 is 21.2 Å². The monoisotopic (exact) mass is 309 g/mol. The molecule has 1 heterocycles. The van der Waals surface area contributed by atoms with Crippen LogP contribution in [0.2, 0.25) is 0 Å². The molecule has 0 fully saturated rings. The minimum absolute atomic E-state index is 0.0908. The first kappa shape index (κ1) is 9.03. The van der Waals surface area contributed by atoms with Crippen LogP contribution in [-0.4, -0.2) is 0 Å². The van der Waals surface area contributed by atoms with E-state index in [1.807, 2.05) is 12.1 Å². The lowest BCUT2D eigenvalue weighted by Crippen LogP contribution is -3.61. The van der Waals surface area contributed by atoms with Gasteiger partial charge in [0.25, 0.3) is 0 Å². The van der Waals surface area contributed by atoms with Crippen molar-refractivity contribution < 1.29 is 21.2 Å². The van der Waals surface area contributed by atoms with Crippen molar-refractivity contribution in [3.8, 4) is 11.1 Å². The summed E-state index contributed by atoms with van der Waals surface area (Å²) in [6, 6.07) is 12.4. The van der Waals surface area contributed by atoms with Crippen molar-refractivity contribution in [2.24, 2.45) is 0 Å². The summed E-state index contributed by atoms with van der Waals surface area (Å²) in [5.74, 6) is 0. The van der Waals surface area contributed by atoms with Gasteiger partial charge in [0.05, 0.1) is 0 Å². The Morgan fingerprint density at radius 2 is 1.20 bits per heavy atom. The number of hydrogen-bond donors (Lipinski definition) is 2. The molecule has 1 aliphatic heterocycles. The Morgan fingerprint density at radius 1 is 0.733 bits per heavy atom. The standard InChI is InChI=1S/C12H10IN2/c14-7-1-3-9-10-4-2-8(15)6-12(10)13-11(9)5-7/h1-6H,14-15H2/q+1. The fourth-order valence-electron chi connectivity index (χ4n) is 1.77. The predicted molar refractivity (Wildman–Crippen MR) is 58.1 cm³/mol. The molecule has 0 saturated carbocycles. The molecule has 0 aliphatic carbocycles. The Balaban J connectivity index is 2.24. The van der Waals surface area contributed by atoms with E-state index in [1.54, 1.807) is 0 Å². The molecule has 3 heteroatoms. The third kappa shape index (κ3) is 1.38. The molecule has 0 radical (unpaired) electrons. The van der Waals surface area contributed by atoms with E-state index >= 15 is 0 Å². The maximum Gasteiger partial charge on any atom is 0.359 e. The number of rotatable bonds is 0. The lowest BCUT2D eigenvalue weighted by atomic mass is 10.1. The zero-order valence-corrected chi connectivity index (χ0v) is 10.2. The summed E-state index contributed by atoms with van der Waals surface area (Å²) in [6.07, 6.45) is 0. The summed E-state index contributed by atoms with van der Waals surface area (Å²) in [5.41, 5.74) is 16.0. The van der Waals surface area contributed by atoms with Crippen molar-refractivity contribution in [3.05, 3.63) is 43.5 Å². The van der Waals surface area contributed by atoms with Crippen LogP contribution in [-0.2, 0) is 0 Å². The van der Waals surface area contributed by atoms with Crippen LogP contribution in [0.3, 0.4) is 0 Å². The molecule has 0 saturated heterocycles. The molecule has 2 nitrogen and oxygen atoms in total. The molecule has 74 valence electrons. The summed E-state index contributed by atoms with van der Waals surface area (Å²) in [4.78, 5) is 0. The Morgan fingerprint density at radius 3 is 1.67 bits per heavy atom.